The third-order valence-corrected chi connectivity index (χ3v) is 7.73. The van der Waals surface area contributed by atoms with Crippen molar-refractivity contribution in [1.29, 1.82) is 0 Å². The van der Waals surface area contributed by atoms with Gasteiger partial charge in [-0.2, -0.15) is 0 Å². The van der Waals surface area contributed by atoms with Crippen LogP contribution >= 0.6 is 0 Å². The molecule has 6 rings (SSSR count). The van der Waals surface area contributed by atoms with Crippen LogP contribution < -0.4 is 4.74 Å². The third kappa shape index (κ3) is 3.78. The van der Waals surface area contributed by atoms with Crippen LogP contribution in [0.2, 0.25) is 0 Å². The zero-order valence-electron chi connectivity index (χ0n) is 21.3. The van der Waals surface area contributed by atoms with E-state index in [1.807, 2.05) is 24.0 Å². The Labute approximate surface area is 212 Å². The van der Waals surface area contributed by atoms with Crippen LogP contribution in [0.25, 0.3) is 11.8 Å². The van der Waals surface area contributed by atoms with Gasteiger partial charge >= 0.3 is 0 Å². The van der Waals surface area contributed by atoms with Crippen molar-refractivity contribution in [2.75, 3.05) is 26.9 Å². The highest BCUT2D eigenvalue weighted by atomic mass is 16.7. The normalized spacial score (nSPS) is 26.3. The van der Waals surface area contributed by atoms with E-state index in [1.54, 1.807) is 7.11 Å². The van der Waals surface area contributed by atoms with E-state index in [1.165, 1.54) is 5.56 Å². The fraction of sp³-hybridized carbons (Fsp3) is 0.379. The molecule has 1 aromatic heterocycles. The summed E-state index contributed by atoms with van der Waals surface area (Å²) in [4.78, 5) is 12.9. The van der Waals surface area contributed by atoms with Gasteiger partial charge < -0.3 is 23.8 Å². The van der Waals surface area contributed by atoms with Crippen LogP contribution in [0.1, 0.15) is 42.1 Å². The SMILES string of the molecule is COc1cc(/C=C2\CC3(CCOC3)CN3C2=NOC3(C)c2ccc(C)cc2)ccc1-n1cnc(C)c1. The molecule has 186 valence electrons. The second kappa shape index (κ2) is 8.52. The van der Waals surface area contributed by atoms with E-state index in [-0.39, 0.29) is 5.41 Å². The maximum Gasteiger partial charge on any atom is 0.234 e. The number of methoxy groups -OCH3 is 1. The molecule has 0 bridgehead atoms. The smallest absolute Gasteiger partial charge is 0.234 e. The quantitative estimate of drug-likeness (QED) is 0.509. The Balaban J connectivity index is 1.39. The van der Waals surface area contributed by atoms with Crippen molar-refractivity contribution in [3.8, 4) is 11.4 Å². The van der Waals surface area contributed by atoms with Gasteiger partial charge in [0.1, 0.15) is 5.75 Å². The van der Waals surface area contributed by atoms with Gasteiger partial charge in [-0.1, -0.05) is 41.1 Å². The molecule has 0 amide bonds. The minimum absolute atomic E-state index is 0.0445. The van der Waals surface area contributed by atoms with Gasteiger partial charge in [0, 0.05) is 37.3 Å². The summed E-state index contributed by atoms with van der Waals surface area (Å²) in [6.07, 6.45) is 7.96. The van der Waals surface area contributed by atoms with E-state index in [4.69, 9.17) is 14.3 Å². The molecule has 2 unspecified atom stereocenters. The second-order valence-electron chi connectivity index (χ2n) is 10.4. The standard InChI is InChI=1S/C29H32N4O3/c1-20-5-8-24(9-6-20)28(3)33-17-29(11-12-35-18-29)15-23(27(33)31-36-28)13-22-7-10-25(26(14-22)34-4)32-16-21(2)30-19-32/h5-10,13-14,16,19H,11-12,15,17-18H2,1-4H3/b23-13+. The molecule has 0 aliphatic carbocycles. The second-order valence-corrected chi connectivity index (χ2v) is 10.4. The molecular weight excluding hydrogens is 452 g/mol. The molecule has 7 nitrogen and oxygen atoms in total. The van der Waals surface area contributed by atoms with Crippen LogP contribution in [0.4, 0.5) is 0 Å². The van der Waals surface area contributed by atoms with Crippen LogP contribution in [-0.4, -0.2) is 47.2 Å². The zero-order valence-corrected chi connectivity index (χ0v) is 21.3. The van der Waals surface area contributed by atoms with Crippen LogP contribution in [0.3, 0.4) is 0 Å². The summed E-state index contributed by atoms with van der Waals surface area (Å²) in [6.45, 7) is 8.60. The number of hydrogen-bond donors (Lipinski definition) is 0. The first kappa shape index (κ1) is 22.9. The molecule has 0 saturated carbocycles. The molecule has 2 saturated heterocycles. The summed E-state index contributed by atoms with van der Waals surface area (Å²) in [7, 11) is 1.70. The van der Waals surface area contributed by atoms with Gasteiger partial charge in [0.15, 0.2) is 5.84 Å². The van der Waals surface area contributed by atoms with E-state index in [9.17, 15) is 0 Å². The summed E-state index contributed by atoms with van der Waals surface area (Å²) >= 11 is 0. The Bertz CT molecular complexity index is 1350. The van der Waals surface area contributed by atoms with Gasteiger partial charge in [-0.15, -0.1) is 0 Å². The van der Waals surface area contributed by atoms with Gasteiger partial charge in [-0.3, -0.25) is 0 Å². The van der Waals surface area contributed by atoms with Crippen molar-refractivity contribution < 1.29 is 14.3 Å². The van der Waals surface area contributed by atoms with Crippen LogP contribution in [0.15, 0.2) is 65.7 Å². The lowest BCUT2D eigenvalue weighted by molar-refractivity contribution is -0.103. The Morgan fingerprint density at radius 1 is 1.11 bits per heavy atom. The summed E-state index contributed by atoms with van der Waals surface area (Å²) in [5.74, 6) is 1.70. The minimum atomic E-state index is -0.654. The maximum absolute atomic E-state index is 6.21. The molecule has 7 heteroatoms. The van der Waals surface area contributed by atoms with Crippen LogP contribution in [-0.2, 0) is 15.3 Å². The summed E-state index contributed by atoms with van der Waals surface area (Å²) < 4.78 is 13.7. The number of benzene rings is 2. The van der Waals surface area contributed by atoms with E-state index in [2.05, 4.69) is 77.4 Å². The predicted molar refractivity (Wildman–Crippen MR) is 139 cm³/mol. The largest absolute Gasteiger partial charge is 0.495 e. The summed E-state index contributed by atoms with van der Waals surface area (Å²) in [6, 6.07) is 14.8. The molecule has 1 spiro atoms. The van der Waals surface area contributed by atoms with Crippen molar-refractivity contribution in [3.05, 3.63) is 82.9 Å². The molecule has 3 aliphatic heterocycles. The van der Waals surface area contributed by atoms with E-state index in [0.717, 1.165) is 72.3 Å². The number of amidine groups is 1. The third-order valence-electron chi connectivity index (χ3n) is 7.73. The summed E-state index contributed by atoms with van der Waals surface area (Å²) in [5, 5.41) is 4.64. The first-order valence-corrected chi connectivity index (χ1v) is 12.5. The molecule has 0 radical (unpaired) electrons. The lowest BCUT2D eigenvalue weighted by atomic mass is 9.75. The van der Waals surface area contributed by atoms with Crippen LogP contribution in [0, 0.1) is 19.3 Å². The number of imidazole rings is 1. The van der Waals surface area contributed by atoms with Crippen molar-refractivity contribution in [2.24, 2.45) is 10.6 Å². The summed E-state index contributed by atoms with van der Waals surface area (Å²) in [5.41, 5.74) is 5.86. The highest BCUT2D eigenvalue weighted by molar-refractivity contribution is 6.03. The minimum Gasteiger partial charge on any atom is -0.495 e. The average molecular weight is 485 g/mol. The van der Waals surface area contributed by atoms with Crippen molar-refractivity contribution >= 4 is 11.9 Å². The van der Waals surface area contributed by atoms with E-state index in [0.29, 0.717) is 0 Å². The number of aryl methyl sites for hydroxylation is 2. The van der Waals surface area contributed by atoms with E-state index < -0.39 is 5.72 Å². The Morgan fingerprint density at radius 2 is 1.94 bits per heavy atom. The lowest BCUT2D eigenvalue weighted by Crippen LogP contribution is -2.53. The van der Waals surface area contributed by atoms with Crippen molar-refractivity contribution in [3.63, 3.8) is 0 Å². The number of piperidine rings is 1. The lowest BCUT2D eigenvalue weighted by Gasteiger charge is -2.45. The molecule has 2 aromatic carbocycles. The fourth-order valence-corrected chi connectivity index (χ4v) is 5.62. The zero-order chi connectivity index (χ0) is 24.9. The maximum atomic E-state index is 6.21. The van der Waals surface area contributed by atoms with Gasteiger partial charge in [-0.25, -0.2) is 4.98 Å². The number of hydrogen-bond acceptors (Lipinski definition) is 6. The number of ether oxygens (including phenoxy) is 2. The van der Waals surface area contributed by atoms with Crippen molar-refractivity contribution in [1.82, 2.24) is 14.5 Å². The Hall–Kier alpha value is -3.58. The first-order valence-electron chi connectivity index (χ1n) is 12.5. The number of rotatable bonds is 4. The fourth-order valence-electron chi connectivity index (χ4n) is 5.62. The first-order chi connectivity index (χ1) is 17.4. The van der Waals surface area contributed by atoms with Gasteiger partial charge in [0.25, 0.3) is 0 Å². The molecule has 2 atom stereocenters. The molecule has 36 heavy (non-hydrogen) atoms. The molecular formula is C29H32N4O3. The number of oxime groups is 1. The predicted octanol–water partition coefficient (Wildman–Crippen LogP) is 5.21. The number of aromatic nitrogens is 2. The van der Waals surface area contributed by atoms with Gasteiger partial charge in [0.2, 0.25) is 5.72 Å². The molecule has 2 fully saturated rings. The van der Waals surface area contributed by atoms with Crippen LogP contribution in [0.5, 0.6) is 5.75 Å². The average Bonchev–Trinajstić information content (AvgIpc) is 3.60. The number of nitrogens with zero attached hydrogens (tertiary/aromatic N) is 4. The number of fused-ring (bicyclic) bond motifs is 1. The molecule has 3 aromatic rings. The Kier molecular flexibility index (Phi) is 5.41. The molecule has 4 heterocycles. The van der Waals surface area contributed by atoms with Gasteiger partial charge in [0.05, 0.1) is 31.4 Å². The molecule has 3 aliphatic rings. The van der Waals surface area contributed by atoms with E-state index >= 15 is 0 Å². The monoisotopic (exact) mass is 484 g/mol. The van der Waals surface area contributed by atoms with Gasteiger partial charge in [-0.05, 0) is 56.0 Å². The Morgan fingerprint density at radius 3 is 2.64 bits per heavy atom. The molecule has 0 N–H and O–H groups in total. The topological polar surface area (TPSA) is 61.1 Å². The highest BCUT2D eigenvalue weighted by Gasteiger charge is 2.53. The highest BCUT2D eigenvalue weighted by Crippen LogP contribution is 2.48. The van der Waals surface area contributed by atoms with Crippen molar-refractivity contribution in [2.45, 2.75) is 39.3 Å².